The summed E-state index contributed by atoms with van der Waals surface area (Å²) in [7, 11) is 0. The molecule has 11 heteroatoms. The first-order valence-corrected chi connectivity index (χ1v) is 11.6. The molecule has 1 N–H and O–H groups in total. The molecule has 1 aromatic carbocycles. The van der Waals surface area contributed by atoms with Crippen molar-refractivity contribution < 1.29 is 4.79 Å². The number of carbonyl (C=O) groups excluding carboxylic acids is 1. The van der Waals surface area contributed by atoms with Crippen molar-refractivity contribution in [2.75, 3.05) is 12.3 Å². The van der Waals surface area contributed by atoms with Gasteiger partial charge in [-0.1, -0.05) is 23.4 Å². The molecule has 1 amide bonds. The van der Waals surface area contributed by atoms with E-state index in [1.807, 2.05) is 22.9 Å². The Balaban J connectivity index is 1.30. The van der Waals surface area contributed by atoms with Crippen molar-refractivity contribution in [2.45, 2.75) is 30.6 Å². The third kappa shape index (κ3) is 4.03. The summed E-state index contributed by atoms with van der Waals surface area (Å²) in [5, 5.41) is 8.96. The second-order valence-electron chi connectivity index (χ2n) is 7.51. The first-order chi connectivity index (χ1) is 15.6. The largest absolute Gasteiger partial charge is 0.356 e. The number of halogens is 1. The van der Waals surface area contributed by atoms with Crippen LogP contribution in [0.15, 0.2) is 59.1 Å². The number of nitrogens with zero attached hydrogens (tertiary/aromatic N) is 6. The van der Waals surface area contributed by atoms with Gasteiger partial charge in [0.2, 0.25) is 5.91 Å². The molecule has 3 aromatic heterocycles. The SMILES string of the molecule is O=C(CC1CSc2nc3c(cnn3-c3ccc(Cl)cc3)c(=O)n21)NCCCn1ccnc1. The van der Waals surface area contributed by atoms with E-state index in [1.165, 1.54) is 18.0 Å². The lowest BCUT2D eigenvalue weighted by molar-refractivity contribution is -0.121. The van der Waals surface area contributed by atoms with Crippen molar-refractivity contribution >= 4 is 40.3 Å². The topological polar surface area (TPSA) is 99.6 Å². The maximum absolute atomic E-state index is 13.2. The Bertz CT molecular complexity index is 1310. The van der Waals surface area contributed by atoms with Gasteiger partial charge in [-0.25, -0.2) is 14.6 Å². The summed E-state index contributed by atoms with van der Waals surface area (Å²) < 4.78 is 5.23. The van der Waals surface area contributed by atoms with Crippen LogP contribution in [-0.4, -0.2) is 47.1 Å². The Morgan fingerprint density at radius 3 is 2.91 bits per heavy atom. The number of aryl methyl sites for hydroxylation is 1. The second-order valence-corrected chi connectivity index (χ2v) is 8.94. The smallest absolute Gasteiger partial charge is 0.265 e. The van der Waals surface area contributed by atoms with E-state index in [1.54, 1.807) is 33.9 Å². The van der Waals surface area contributed by atoms with Gasteiger partial charge in [-0.2, -0.15) is 5.10 Å². The van der Waals surface area contributed by atoms with Crippen molar-refractivity contribution in [3.8, 4) is 5.69 Å². The Labute approximate surface area is 192 Å². The number of fused-ring (bicyclic) bond motifs is 2. The lowest BCUT2D eigenvalue weighted by Crippen LogP contribution is -2.31. The zero-order valence-corrected chi connectivity index (χ0v) is 18.6. The Hall–Kier alpha value is -3.11. The molecule has 1 aliphatic heterocycles. The van der Waals surface area contributed by atoms with E-state index in [0.29, 0.717) is 33.5 Å². The molecule has 5 rings (SSSR count). The molecule has 0 aliphatic carbocycles. The Morgan fingerprint density at radius 1 is 1.28 bits per heavy atom. The molecule has 9 nitrogen and oxygen atoms in total. The fourth-order valence-corrected chi connectivity index (χ4v) is 5.00. The van der Waals surface area contributed by atoms with Crippen molar-refractivity contribution in [1.82, 2.24) is 34.2 Å². The number of benzene rings is 1. The molecule has 0 saturated heterocycles. The number of hydrogen-bond acceptors (Lipinski definition) is 6. The molecule has 1 aliphatic rings. The van der Waals surface area contributed by atoms with Crippen molar-refractivity contribution in [2.24, 2.45) is 0 Å². The molecule has 0 fully saturated rings. The van der Waals surface area contributed by atoms with Crippen molar-refractivity contribution in [3.05, 3.63) is 64.6 Å². The number of carbonyl (C=O) groups is 1. The third-order valence-corrected chi connectivity index (χ3v) is 6.69. The minimum Gasteiger partial charge on any atom is -0.356 e. The number of hydrogen-bond donors (Lipinski definition) is 1. The predicted octanol–water partition coefficient (Wildman–Crippen LogP) is 2.68. The number of imidazole rings is 1. The van der Waals surface area contributed by atoms with Gasteiger partial charge < -0.3 is 9.88 Å². The van der Waals surface area contributed by atoms with Gasteiger partial charge in [-0.05, 0) is 30.7 Å². The molecule has 1 unspecified atom stereocenters. The van der Waals surface area contributed by atoms with Crippen molar-refractivity contribution in [1.29, 1.82) is 0 Å². The molecule has 0 bridgehead atoms. The third-order valence-electron chi connectivity index (χ3n) is 5.34. The van der Waals surface area contributed by atoms with Crippen LogP contribution >= 0.6 is 23.4 Å². The average Bonchev–Trinajstić information content (AvgIpc) is 3.53. The number of rotatable bonds is 7. The molecule has 0 saturated carbocycles. The van der Waals surface area contributed by atoms with Gasteiger partial charge in [0.05, 0.1) is 24.3 Å². The van der Waals surface area contributed by atoms with Gasteiger partial charge in [0.25, 0.3) is 5.56 Å². The van der Waals surface area contributed by atoms with Gasteiger partial charge in [0.15, 0.2) is 10.8 Å². The van der Waals surface area contributed by atoms with Crippen LogP contribution in [0.4, 0.5) is 0 Å². The first-order valence-electron chi connectivity index (χ1n) is 10.2. The van der Waals surface area contributed by atoms with Crippen LogP contribution < -0.4 is 10.9 Å². The van der Waals surface area contributed by atoms with Gasteiger partial charge >= 0.3 is 0 Å². The number of aromatic nitrogens is 6. The molecule has 0 spiro atoms. The maximum atomic E-state index is 13.2. The van der Waals surface area contributed by atoms with Crippen LogP contribution in [0.5, 0.6) is 0 Å². The zero-order valence-electron chi connectivity index (χ0n) is 17.0. The quantitative estimate of drug-likeness (QED) is 0.330. The summed E-state index contributed by atoms with van der Waals surface area (Å²) in [6.07, 6.45) is 7.96. The van der Waals surface area contributed by atoms with Crippen LogP contribution in [-0.2, 0) is 11.3 Å². The molecule has 0 radical (unpaired) electrons. The van der Waals surface area contributed by atoms with E-state index in [9.17, 15) is 9.59 Å². The average molecular weight is 470 g/mol. The molecular formula is C21H20ClN7O2S. The first kappa shape index (κ1) is 20.8. The molecule has 4 aromatic rings. The second kappa shape index (κ2) is 8.79. The maximum Gasteiger partial charge on any atom is 0.265 e. The number of amides is 1. The fraction of sp³-hybridized carbons (Fsp3) is 0.286. The van der Waals surface area contributed by atoms with Gasteiger partial charge in [-0.3, -0.25) is 14.2 Å². The summed E-state index contributed by atoms with van der Waals surface area (Å²) in [6.45, 7) is 1.37. The fourth-order valence-electron chi connectivity index (χ4n) is 3.75. The highest BCUT2D eigenvalue weighted by Gasteiger charge is 2.29. The molecule has 1 atom stereocenters. The van der Waals surface area contributed by atoms with Gasteiger partial charge in [0, 0.05) is 42.7 Å². The van der Waals surface area contributed by atoms with E-state index < -0.39 is 0 Å². The van der Waals surface area contributed by atoms with Crippen molar-refractivity contribution in [3.63, 3.8) is 0 Å². The van der Waals surface area contributed by atoms with E-state index in [-0.39, 0.29) is 23.9 Å². The number of nitrogens with one attached hydrogen (secondary N) is 1. The summed E-state index contributed by atoms with van der Waals surface area (Å²) in [4.78, 5) is 34.3. The van der Waals surface area contributed by atoms with Gasteiger partial charge in [0.1, 0.15) is 5.39 Å². The monoisotopic (exact) mass is 469 g/mol. The zero-order chi connectivity index (χ0) is 22.1. The van der Waals surface area contributed by atoms with Crippen LogP contribution in [0.3, 0.4) is 0 Å². The minimum absolute atomic E-state index is 0.0714. The molecule has 32 heavy (non-hydrogen) atoms. The normalized spacial score (nSPS) is 15.2. The highest BCUT2D eigenvalue weighted by molar-refractivity contribution is 7.99. The summed E-state index contributed by atoms with van der Waals surface area (Å²) in [5.41, 5.74) is 1.10. The van der Waals surface area contributed by atoms with Crippen LogP contribution in [0, 0.1) is 0 Å². The molecule has 4 heterocycles. The summed E-state index contributed by atoms with van der Waals surface area (Å²) in [5.74, 6) is 0.559. The van der Waals surface area contributed by atoms with Crippen LogP contribution in [0.2, 0.25) is 5.02 Å². The molecular weight excluding hydrogens is 450 g/mol. The van der Waals surface area contributed by atoms with E-state index in [2.05, 4.69) is 20.4 Å². The Morgan fingerprint density at radius 2 is 2.12 bits per heavy atom. The lowest BCUT2D eigenvalue weighted by atomic mass is 10.2. The van der Waals surface area contributed by atoms with E-state index in [0.717, 1.165) is 18.7 Å². The Kier molecular flexibility index (Phi) is 5.71. The van der Waals surface area contributed by atoms with E-state index in [4.69, 9.17) is 11.6 Å². The molecule has 164 valence electrons. The highest BCUT2D eigenvalue weighted by atomic mass is 35.5. The predicted molar refractivity (Wildman–Crippen MR) is 122 cm³/mol. The van der Waals surface area contributed by atoms with Crippen LogP contribution in [0.25, 0.3) is 16.7 Å². The summed E-state index contributed by atoms with van der Waals surface area (Å²) in [6, 6.07) is 6.96. The standard InChI is InChI=1S/C21H20ClN7O2S/c22-14-2-4-15(5-3-14)29-19-17(11-25-29)20(31)28-16(12-32-21(28)26-19)10-18(30)24-6-1-8-27-9-7-23-13-27/h2-5,7,9,11,13,16H,1,6,8,10,12H2,(H,24,30). The van der Waals surface area contributed by atoms with Gasteiger partial charge in [-0.15, -0.1) is 0 Å². The lowest BCUT2D eigenvalue weighted by Gasteiger charge is -2.13. The highest BCUT2D eigenvalue weighted by Crippen LogP contribution is 2.33. The number of thioether (sulfide) groups is 1. The summed E-state index contributed by atoms with van der Waals surface area (Å²) >= 11 is 7.46. The van der Waals surface area contributed by atoms with Crippen LogP contribution in [0.1, 0.15) is 18.9 Å². The minimum atomic E-state index is -0.230. The van der Waals surface area contributed by atoms with E-state index >= 15 is 0 Å².